The molecular formula is C14H17NO2. The van der Waals surface area contributed by atoms with E-state index < -0.39 is 5.97 Å². The highest BCUT2D eigenvalue weighted by molar-refractivity contribution is 5.94. The van der Waals surface area contributed by atoms with Crippen molar-refractivity contribution in [3.05, 3.63) is 34.9 Å². The number of carboxylic acids is 1. The Bertz CT molecular complexity index is 453. The van der Waals surface area contributed by atoms with Crippen molar-refractivity contribution in [1.29, 1.82) is 0 Å². The quantitative estimate of drug-likeness (QED) is 0.811. The van der Waals surface area contributed by atoms with Crippen molar-refractivity contribution in [2.24, 2.45) is 4.99 Å². The molecule has 0 radical (unpaired) electrons. The lowest BCUT2D eigenvalue weighted by Gasteiger charge is -2.18. The largest absolute Gasteiger partial charge is 0.481 e. The van der Waals surface area contributed by atoms with Crippen LogP contribution in [0.15, 0.2) is 39.9 Å². The predicted octanol–water partition coefficient (Wildman–Crippen LogP) is 2.90. The van der Waals surface area contributed by atoms with Crippen LogP contribution in [-0.2, 0) is 4.79 Å². The van der Waals surface area contributed by atoms with Crippen LogP contribution in [0, 0.1) is 0 Å². The summed E-state index contributed by atoms with van der Waals surface area (Å²) in [5.74, 6) is -0.743. The van der Waals surface area contributed by atoms with Gasteiger partial charge < -0.3 is 5.11 Å². The Morgan fingerprint density at radius 1 is 1.29 bits per heavy atom. The summed E-state index contributed by atoms with van der Waals surface area (Å²) in [6.07, 6.45) is 9.19. The van der Waals surface area contributed by atoms with Crippen LogP contribution >= 0.6 is 0 Å². The van der Waals surface area contributed by atoms with Crippen molar-refractivity contribution in [3.63, 3.8) is 0 Å². The number of carbonyl (C=O) groups is 1. The van der Waals surface area contributed by atoms with Crippen molar-refractivity contribution in [2.45, 2.75) is 32.6 Å². The lowest BCUT2D eigenvalue weighted by Crippen LogP contribution is -2.06. The number of aliphatic carboxylic acids is 1. The van der Waals surface area contributed by atoms with Crippen LogP contribution in [0.1, 0.15) is 32.6 Å². The van der Waals surface area contributed by atoms with Crippen LogP contribution in [0.5, 0.6) is 0 Å². The van der Waals surface area contributed by atoms with Gasteiger partial charge in [-0.15, -0.1) is 0 Å². The normalized spacial score (nSPS) is 20.1. The Balaban J connectivity index is 2.10. The Hall–Kier alpha value is -1.64. The molecule has 0 fully saturated rings. The van der Waals surface area contributed by atoms with Crippen LogP contribution in [-0.4, -0.2) is 23.3 Å². The summed E-state index contributed by atoms with van der Waals surface area (Å²) in [5, 5.41) is 8.73. The van der Waals surface area contributed by atoms with Crippen molar-refractivity contribution in [3.8, 4) is 0 Å². The van der Waals surface area contributed by atoms with Gasteiger partial charge in [-0.2, -0.15) is 0 Å². The highest BCUT2D eigenvalue weighted by Crippen LogP contribution is 2.28. The summed E-state index contributed by atoms with van der Waals surface area (Å²) < 4.78 is 0. The standard InChI is InChI=1S/C14H17NO2/c1-10-8-13(6-7-15-10)12-4-2-11(3-5-12)9-14(16)17/h2,4,8H,3,5-7,9H2,1H3,(H,16,17). The molecule has 0 atom stereocenters. The third kappa shape index (κ3) is 3.16. The van der Waals surface area contributed by atoms with Crippen molar-refractivity contribution >= 4 is 11.7 Å². The summed E-state index contributed by atoms with van der Waals surface area (Å²) in [5.41, 5.74) is 4.81. The summed E-state index contributed by atoms with van der Waals surface area (Å²) in [7, 11) is 0. The van der Waals surface area contributed by atoms with Crippen LogP contribution in [0.2, 0.25) is 0 Å². The van der Waals surface area contributed by atoms with E-state index in [0.29, 0.717) is 0 Å². The molecule has 1 aliphatic carbocycles. The third-order valence-corrected chi connectivity index (χ3v) is 3.15. The van der Waals surface area contributed by atoms with Gasteiger partial charge in [0.2, 0.25) is 0 Å². The Kier molecular flexibility index (Phi) is 3.57. The van der Waals surface area contributed by atoms with Crippen molar-refractivity contribution in [1.82, 2.24) is 0 Å². The number of nitrogens with zero attached hydrogens (tertiary/aromatic N) is 1. The number of hydrogen-bond donors (Lipinski definition) is 1. The number of dihydropyridines is 1. The van der Waals surface area contributed by atoms with Gasteiger partial charge in [-0.3, -0.25) is 9.79 Å². The first-order valence-electron chi connectivity index (χ1n) is 5.97. The molecule has 0 aromatic heterocycles. The molecule has 0 saturated heterocycles. The minimum Gasteiger partial charge on any atom is -0.481 e. The second-order valence-electron chi connectivity index (χ2n) is 4.53. The van der Waals surface area contributed by atoms with Gasteiger partial charge in [0, 0.05) is 12.3 Å². The van der Waals surface area contributed by atoms with Gasteiger partial charge >= 0.3 is 5.97 Å². The molecule has 0 aromatic rings. The van der Waals surface area contributed by atoms with E-state index in [1.54, 1.807) is 0 Å². The average Bonchev–Trinajstić information content (AvgIpc) is 2.29. The molecule has 1 aliphatic heterocycles. The smallest absolute Gasteiger partial charge is 0.307 e. The fraction of sp³-hybridized carbons (Fsp3) is 0.429. The molecule has 0 saturated carbocycles. The number of rotatable bonds is 3. The topological polar surface area (TPSA) is 49.7 Å². The van der Waals surface area contributed by atoms with Crippen molar-refractivity contribution < 1.29 is 9.90 Å². The zero-order valence-corrected chi connectivity index (χ0v) is 10.1. The third-order valence-electron chi connectivity index (χ3n) is 3.15. The molecule has 0 unspecified atom stereocenters. The Morgan fingerprint density at radius 3 is 2.71 bits per heavy atom. The first-order chi connectivity index (χ1) is 8.15. The monoisotopic (exact) mass is 231 g/mol. The van der Waals surface area contributed by atoms with Crippen LogP contribution in [0.3, 0.4) is 0 Å². The van der Waals surface area contributed by atoms with Gasteiger partial charge in [0.25, 0.3) is 0 Å². The highest BCUT2D eigenvalue weighted by Gasteiger charge is 2.13. The summed E-state index contributed by atoms with van der Waals surface area (Å²) in [6, 6.07) is 0. The maximum Gasteiger partial charge on any atom is 0.307 e. The van der Waals surface area contributed by atoms with Gasteiger partial charge in [-0.05, 0) is 43.4 Å². The molecule has 0 spiro atoms. The van der Waals surface area contributed by atoms with E-state index in [1.165, 1.54) is 11.1 Å². The molecule has 17 heavy (non-hydrogen) atoms. The SMILES string of the molecule is CC1=NCCC(C2=CC=C(CC(=O)O)CC2)=C1. The molecule has 3 nitrogen and oxygen atoms in total. The van der Waals surface area contributed by atoms with Gasteiger partial charge in [-0.1, -0.05) is 17.7 Å². The molecule has 3 heteroatoms. The zero-order valence-electron chi connectivity index (χ0n) is 10.1. The van der Waals surface area contributed by atoms with E-state index in [1.807, 2.05) is 13.0 Å². The summed E-state index contributed by atoms with van der Waals surface area (Å²) in [6.45, 7) is 2.90. The molecule has 90 valence electrons. The van der Waals surface area contributed by atoms with Crippen LogP contribution in [0.4, 0.5) is 0 Å². The van der Waals surface area contributed by atoms with Gasteiger partial charge in [0.1, 0.15) is 0 Å². The maximum atomic E-state index is 10.6. The van der Waals surface area contributed by atoms with Gasteiger partial charge in [-0.25, -0.2) is 0 Å². The first kappa shape index (κ1) is 11.8. The highest BCUT2D eigenvalue weighted by atomic mass is 16.4. The summed E-state index contributed by atoms with van der Waals surface area (Å²) >= 11 is 0. The van der Waals surface area contributed by atoms with E-state index in [4.69, 9.17) is 5.11 Å². The Morgan fingerprint density at radius 2 is 2.12 bits per heavy atom. The molecule has 2 aliphatic rings. The van der Waals surface area contributed by atoms with Crippen LogP contribution < -0.4 is 0 Å². The molecule has 2 rings (SSSR count). The molecule has 0 amide bonds. The van der Waals surface area contributed by atoms with E-state index in [9.17, 15) is 4.79 Å². The van der Waals surface area contributed by atoms with Crippen LogP contribution in [0.25, 0.3) is 0 Å². The first-order valence-corrected chi connectivity index (χ1v) is 5.97. The average molecular weight is 231 g/mol. The number of hydrogen-bond acceptors (Lipinski definition) is 2. The molecule has 0 aromatic carbocycles. The second-order valence-corrected chi connectivity index (χ2v) is 4.53. The predicted molar refractivity (Wildman–Crippen MR) is 68.3 cm³/mol. The zero-order chi connectivity index (χ0) is 12.3. The Labute approximate surface area is 101 Å². The fourth-order valence-electron chi connectivity index (χ4n) is 2.27. The molecule has 1 heterocycles. The molecule has 0 bridgehead atoms. The lowest BCUT2D eigenvalue weighted by molar-refractivity contribution is -0.136. The minimum atomic E-state index is -0.743. The second kappa shape index (κ2) is 5.13. The lowest BCUT2D eigenvalue weighted by atomic mass is 9.89. The number of carboxylic acid groups (broad SMARTS) is 1. The van der Waals surface area contributed by atoms with E-state index in [-0.39, 0.29) is 6.42 Å². The van der Waals surface area contributed by atoms with E-state index >= 15 is 0 Å². The van der Waals surface area contributed by atoms with Gasteiger partial charge in [0.15, 0.2) is 0 Å². The number of aliphatic imine (C=N–C) groups is 1. The maximum absolute atomic E-state index is 10.6. The molecular weight excluding hydrogens is 214 g/mol. The molecule has 1 N–H and O–H groups in total. The van der Waals surface area contributed by atoms with Crippen molar-refractivity contribution in [2.75, 3.05) is 6.54 Å². The fourth-order valence-corrected chi connectivity index (χ4v) is 2.27. The van der Waals surface area contributed by atoms with E-state index in [2.05, 4.69) is 17.1 Å². The summed E-state index contributed by atoms with van der Waals surface area (Å²) in [4.78, 5) is 15.0. The minimum absolute atomic E-state index is 0.170. The number of allylic oxidation sites excluding steroid dienone is 4. The van der Waals surface area contributed by atoms with Gasteiger partial charge in [0.05, 0.1) is 6.42 Å². The van der Waals surface area contributed by atoms with E-state index in [0.717, 1.165) is 37.1 Å².